The number of aliphatic hydroxyl groups is 2. The number of hydrazine groups is 1. The Morgan fingerprint density at radius 3 is 2.57 bits per heavy atom. The number of halogens is 1. The number of nitrogens with zero attached hydrogens (tertiary/aromatic N) is 1. The molecule has 1 heterocycles. The normalized spacial score (nSPS) is 18.0. The Morgan fingerprint density at radius 2 is 1.90 bits per heavy atom. The Kier molecular flexibility index (Phi) is 7.28. The smallest absolute Gasteiger partial charge is 0.255 e. The largest absolute Gasteiger partial charge is 0.380 e. The highest BCUT2D eigenvalue weighted by atomic mass is 35.5. The summed E-state index contributed by atoms with van der Waals surface area (Å²) in [4.78, 5) is 26.5. The van der Waals surface area contributed by atoms with Crippen LogP contribution >= 0.6 is 11.6 Å². The first kappa shape index (κ1) is 22.0. The Bertz CT molecular complexity index is 893. The molecule has 0 bridgehead atoms. The van der Waals surface area contributed by atoms with Crippen LogP contribution in [0.3, 0.4) is 0 Å². The second-order valence-electron chi connectivity index (χ2n) is 7.19. The molecule has 2 aromatic carbocycles. The Balaban J connectivity index is 1.60. The molecule has 2 aromatic rings. The number of benzene rings is 2. The van der Waals surface area contributed by atoms with E-state index in [9.17, 15) is 19.8 Å². The van der Waals surface area contributed by atoms with Crippen LogP contribution in [0.4, 0.5) is 5.69 Å². The first-order valence-corrected chi connectivity index (χ1v) is 10.0. The van der Waals surface area contributed by atoms with Gasteiger partial charge in [0, 0.05) is 23.8 Å². The third-order valence-electron chi connectivity index (χ3n) is 5.18. The number of likely N-dealkylation sites (tertiary alicyclic amines) is 1. The van der Waals surface area contributed by atoms with E-state index in [2.05, 4.69) is 10.7 Å². The van der Waals surface area contributed by atoms with Crippen molar-refractivity contribution in [3.63, 3.8) is 0 Å². The molecule has 0 aliphatic carbocycles. The summed E-state index contributed by atoms with van der Waals surface area (Å²) in [6.07, 6.45) is -2.25. The number of nitrogens with one attached hydrogen (secondary N) is 2. The number of hydrogen-bond donors (Lipinski definition) is 5. The number of nitrogen functional groups attached to an aromatic ring is 1. The van der Waals surface area contributed by atoms with E-state index in [1.807, 2.05) is 6.07 Å². The van der Waals surface area contributed by atoms with Crippen LogP contribution in [0.15, 0.2) is 48.5 Å². The van der Waals surface area contributed by atoms with Gasteiger partial charge in [0.1, 0.15) is 0 Å². The molecule has 30 heavy (non-hydrogen) atoms. The zero-order valence-electron chi connectivity index (χ0n) is 16.3. The highest BCUT2D eigenvalue weighted by Gasteiger charge is 2.38. The molecule has 1 aliphatic rings. The monoisotopic (exact) mass is 432 g/mol. The number of amides is 2. The molecule has 8 nitrogen and oxygen atoms in total. The van der Waals surface area contributed by atoms with Gasteiger partial charge in [0.05, 0.1) is 6.04 Å². The second-order valence-corrected chi connectivity index (χ2v) is 7.63. The average molecular weight is 433 g/mol. The Hall–Kier alpha value is -2.65. The molecular weight excluding hydrogens is 408 g/mol. The second kappa shape index (κ2) is 9.90. The summed E-state index contributed by atoms with van der Waals surface area (Å²) in [7, 11) is 0. The molecule has 3 rings (SSSR count). The van der Waals surface area contributed by atoms with Crippen molar-refractivity contribution >= 4 is 29.1 Å². The lowest BCUT2D eigenvalue weighted by Gasteiger charge is -2.28. The van der Waals surface area contributed by atoms with E-state index in [0.29, 0.717) is 17.3 Å². The number of carbonyl (C=O) groups excluding carboxylic acids is 2. The van der Waals surface area contributed by atoms with Crippen molar-refractivity contribution in [3.05, 3.63) is 64.7 Å². The maximum Gasteiger partial charge on any atom is 0.255 e. The van der Waals surface area contributed by atoms with E-state index < -0.39 is 24.0 Å². The zero-order valence-corrected chi connectivity index (χ0v) is 17.0. The lowest BCUT2D eigenvalue weighted by Crippen LogP contribution is -2.50. The van der Waals surface area contributed by atoms with Gasteiger partial charge in [-0.25, -0.2) is 0 Å². The molecule has 9 heteroatoms. The third kappa shape index (κ3) is 5.09. The van der Waals surface area contributed by atoms with Gasteiger partial charge in [0.25, 0.3) is 11.8 Å². The fourth-order valence-corrected chi connectivity index (χ4v) is 3.75. The van der Waals surface area contributed by atoms with Crippen LogP contribution in [-0.4, -0.2) is 45.7 Å². The van der Waals surface area contributed by atoms with Crippen molar-refractivity contribution in [3.8, 4) is 0 Å². The number of rotatable bonds is 7. The summed E-state index contributed by atoms with van der Waals surface area (Å²) >= 11 is 6.05. The molecule has 1 saturated heterocycles. The van der Waals surface area contributed by atoms with Crippen molar-refractivity contribution in [2.45, 2.75) is 37.6 Å². The molecule has 1 unspecified atom stereocenters. The van der Waals surface area contributed by atoms with Crippen molar-refractivity contribution < 1.29 is 19.8 Å². The number of carbonyl (C=O) groups is 2. The van der Waals surface area contributed by atoms with Crippen LogP contribution in [0.5, 0.6) is 0 Å². The summed E-state index contributed by atoms with van der Waals surface area (Å²) in [5.41, 5.74) is 4.84. The molecule has 0 spiro atoms. The maximum absolute atomic E-state index is 12.8. The molecule has 1 aliphatic heterocycles. The number of nitrogens with two attached hydrogens (primary N) is 1. The van der Waals surface area contributed by atoms with Crippen molar-refractivity contribution in [1.29, 1.82) is 0 Å². The van der Waals surface area contributed by atoms with E-state index >= 15 is 0 Å². The topological polar surface area (TPSA) is 128 Å². The standard InChI is InChI=1S/C21H25ClN4O4/c22-15-4-1-3-14(11-15)17-5-2-10-26(17)21(30)19(28)18(27)20(29)24-12-13-6-8-16(25-23)9-7-13/h1,3-4,6-9,11,17-19,25,27-28H,2,5,10,12,23H2,(H,24,29)/t17?,18-,19-/m1/s1. The molecule has 160 valence electrons. The SMILES string of the molecule is NNc1ccc(CNC(=O)[C@H](O)[C@@H](O)C(=O)N2CCCC2c2cccc(Cl)c2)cc1. The molecule has 3 atom stereocenters. The predicted molar refractivity (Wildman–Crippen MR) is 113 cm³/mol. The Labute approximate surface area is 179 Å². The van der Waals surface area contributed by atoms with E-state index in [0.717, 1.165) is 24.0 Å². The van der Waals surface area contributed by atoms with Crippen LogP contribution < -0.4 is 16.6 Å². The quantitative estimate of drug-likeness (QED) is 0.331. The van der Waals surface area contributed by atoms with Crippen LogP contribution in [0.1, 0.15) is 30.0 Å². The van der Waals surface area contributed by atoms with E-state index in [-0.39, 0.29) is 12.6 Å². The minimum Gasteiger partial charge on any atom is -0.380 e. The predicted octanol–water partition coefficient (Wildman–Crippen LogP) is 1.33. The molecule has 2 amide bonds. The minimum absolute atomic E-state index is 0.135. The van der Waals surface area contributed by atoms with E-state index in [4.69, 9.17) is 17.4 Å². The van der Waals surface area contributed by atoms with Gasteiger partial charge in [-0.3, -0.25) is 15.4 Å². The molecule has 0 radical (unpaired) electrons. The summed E-state index contributed by atoms with van der Waals surface area (Å²) in [6.45, 7) is 0.569. The fraction of sp³-hybridized carbons (Fsp3) is 0.333. The van der Waals surface area contributed by atoms with Crippen LogP contribution in [0, 0.1) is 0 Å². The van der Waals surface area contributed by atoms with Crippen LogP contribution in [-0.2, 0) is 16.1 Å². The third-order valence-corrected chi connectivity index (χ3v) is 5.41. The summed E-state index contributed by atoms with van der Waals surface area (Å²) in [5.74, 6) is 3.80. The molecule has 6 N–H and O–H groups in total. The highest BCUT2D eigenvalue weighted by Crippen LogP contribution is 2.33. The van der Waals surface area contributed by atoms with Gasteiger partial charge in [0.2, 0.25) is 0 Å². The lowest BCUT2D eigenvalue weighted by atomic mass is 10.0. The van der Waals surface area contributed by atoms with Gasteiger partial charge in [-0.1, -0.05) is 35.9 Å². The number of hydrogen-bond acceptors (Lipinski definition) is 6. The van der Waals surface area contributed by atoms with Gasteiger partial charge in [-0.15, -0.1) is 0 Å². The number of aliphatic hydroxyl groups excluding tert-OH is 2. The average Bonchev–Trinajstić information content (AvgIpc) is 3.26. The van der Waals surface area contributed by atoms with Gasteiger partial charge < -0.3 is 25.9 Å². The fourth-order valence-electron chi connectivity index (χ4n) is 3.55. The van der Waals surface area contributed by atoms with E-state index in [1.54, 1.807) is 42.5 Å². The molecule has 1 fully saturated rings. The lowest BCUT2D eigenvalue weighted by molar-refractivity contribution is -0.153. The Morgan fingerprint density at radius 1 is 1.17 bits per heavy atom. The van der Waals surface area contributed by atoms with Crippen molar-refractivity contribution in [2.75, 3.05) is 12.0 Å². The molecular formula is C21H25ClN4O4. The first-order valence-electron chi connectivity index (χ1n) is 9.66. The van der Waals surface area contributed by atoms with Gasteiger partial charge >= 0.3 is 0 Å². The van der Waals surface area contributed by atoms with Crippen molar-refractivity contribution in [1.82, 2.24) is 10.2 Å². The summed E-state index contributed by atoms with van der Waals surface area (Å²) in [5, 5.41) is 23.7. The summed E-state index contributed by atoms with van der Waals surface area (Å²) < 4.78 is 0. The first-order chi connectivity index (χ1) is 14.4. The van der Waals surface area contributed by atoms with E-state index in [1.165, 1.54) is 4.90 Å². The van der Waals surface area contributed by atoms with Crippen LogP contribution in [0.2, 0.25) is 5.02 Å². The van der Waals surface area contributed by atoms with Gasteiger partial charge in [0.15, 0.2) is 12.2 Å². The minimum atomic E-state index is -1.87. The molecule has 0 aromatic heterocycles. The number of anilines is 1. The van der Waals surface area contributed by atoms with Crippen LogP contribution in [0.25, 0.3) is 0 Å². The van der Waals surface area contributed by atoms with Crippen molar-refractivity contribution in [2.24, 2.45) is 5.84 Å². The molecule has 0 saturated carbocycles. The summed E-state index contributed by atoms with van der Waals surface area (Å²) in [6, 6.07) is 13.9. The zero-order chi connectivity index (χ0) is 21.7. The highest BCUT2D eigenvalue weighted by molar-refractivity contribution is 6.30. The van der Waals surface area contributed by atoms with Gasteiger partial charge in [-0.05, 0) is 48.2 Å². The van der Waals surface area contributed by atoms with Gasteiger partial charge in [-0.2, -0.15) is 0 Å². The maximum atomic E-state index is 12.8.